The molecule has 0 aliphatic heterocycles. The Bertz CT molecular complexity index is 199. The van der Waals surface area contributed by atoms with E-state index in [1.165, 1.54) is 6.92 Å². The first-order chi connectivity index (χ1) is 5.93. The smallest absolute Gasteiger partial charge is 0.321 e. The van der Waals surface area contributed by atoms with Gasteiger partial charge in [-0.05, 0) is 6.92 Å². The van der Waals surface area contributed by atoms with Gasteiger partial charge in [-0.2, -0.15) is 0 Å². The molecule has 13 heavy (non-hydrogen) atoms. The summed E-state index contributed by atoms with van der Waals surface area (Å²) in [6.07, 6.45) is -2.64. The SMILES string of the molecule is CC(Cl)C(=O)NC(=O)NCC(F)F. The summed E-state index contributed by atoms with van der Waals surface area (Å²) in [6, 6.07) is -0.974. The van der Waals surface area contributed by atoms with Crippen molar-refractivity contribution in [3.8, 4) is 0 Å². The first-order valence-corrected chi connectivity index (χ1v) is 3.88. The van der Waals surface area contributed by atoms with E-state index in [0.717, 1.165) is 0 Å². The average Bonchev–Trinajstić information content (AvgIpc) is 2.00. The molecule has 0 aliphatic rings. The van der Waals surface area contributed by atoms with Gasteiger partial charge in [0.15, 0.2) is 0 Å². The van der Waals surface area contributed by atoms with Crippen molar-refractivity contribution in [3.05, 3.63) is 0 Å². The van der Waals surface area contributed by atoms with Crippen LogP contribution in [0.4, 0.5) is 13.6 Å². The molecule has 0 spiro atoms. The standard InChI is InChI=1S/C6H9ClF2N2O2/c1-3(7)5(12)11-6(13)10-2-4(8)9/h3-4H,2H2,1H3,(H2,10,11,12,13). The monoisotopic (exact) mass is 214 g/mol. The highest BCUT2D eigenvalue weighted by molar-refractivity contribution is 6.31. The van der Waals surface area contributed by atoms with E-state index in [9.17, 15) is 18.4 Å². The summed E-state index contributed by atoms with van der Waals surface area (Å²) < 4.78 is 23.1. The zero-order valence-corrected chi connectivity index (χ0v) is 7.57. The van der Waals surface area contributed by atoms with Gasteiger partial charge >= 0.3 is 6.03 Å². The second-order valence-electron chi connectivity index (χ2n) is 2.21. The Balaban J connectivity index is 3.69. The fourth-order valence-electron chi connectivity index (χ4n) is 0.425. The van der Waals surface area contributed by atoms with E-state index in [-0.39, 0.29) is 0 Å². The first-order valence-electron chi connectivity index (χ1n) is 3.44. The van der Waals surface area contributed by atoms with Gasteiger partial charge in [0.05, 0.1) is 6.54 Å². The van der Waals surface area contributed by atoms with Crippen molar-refractivity contribution >= 4 is 23.5 Å². The number of imide groups is 1. The van der Waals surface area contributed by atoms with Crippen molar-refractivity contribution in [1.29, 1.82) is 0 Å². The second kappa shape index (κ2) is 5.69. The van der Waals surface area contributed by atoms with Crippen LogP contribution in [0.3, 0.4) is 0 Å². The molecule has 0 aromatic carbocycles. The molecule has 0 aliphatic carbocycles. The van der Waals surface area contributed by atoms with Gasteiger partial charge in [0.1, 0.15) is 5.38 Å². The lowest BCUT2D eigenvalue weighted by Crippen LogP contribution is -2.43. The van der Waals surface area contributed by atoms with E-state index in [0.29, 0.717) is 0 Å². The van der Waals surface area contributed by atoms with E-state index in [1.807, 2.05) is 0 Å². The minimum absolute atomic E-state index is 0.728. The Morgan fingerprint density at radius 3 is 2.38 bits per heavy atom. The minimum Gasteiger partial charge on any atom is -0.332 e. The second-order valence-corrected chi connectivity index (χ2v) is 2.86. The topological polar surface area (TPSA) is 58.2 Å². The van der Waals surface area contributed by atoms with Crippen LogP contribution < -0.4 is 10.6 Å². The average molecular weight is 215 g/mol. The van der Waals surface area contributed by atoms with E-state index in [1.54, 1.807) is 10.6 Å². The molecule has 0 rings (SSSR count). The fourth-order valence-corrected chi connectivity index (χ4v) is 0.480. The van der Waals surface area contributed by atoms with Crippen molar-refractivity contribution in [3.63, 3.8) is 0 Å². The molecule has 7 heteroatoms. The molecular weight excluding hydrogens is 206 g/mol. The largest absolute Gasteiger partial charge is 0.332 e. The number of rotatable bonds is 3. The van der Waals surface area contributed by atoms with E-state index in [2.05, 4.69) is 0 Å². The number of urea groups is 1. The Morgan fingerprint density at radius 1 is 1.46 bits per heavy atom. The summed E-state index contributed by atoms with van der Waals surface area (Å²) in [7, 11) is 0. The summed E-state index contributed by atoms with van der Waals surface area (Å²) >= 11 is 5.29. The molecule has 1 atom stereocenters. The normalized spacial score (nSPS) is 12.4. The molecule has 2 N–H and O–H groups in total. The predicted molar refractivity (Wildman–Crippen MR) is 42.9 cm³/mol. The van der Waals surface area contributed by atoms with Crippen molar-refractivity contribution in [2.24, 2.45) is 0 Å². The summed E-state index contributed by atoms with van der Waals surface area (Å²) in [6.45, 7) is 0.563. The van der Waals surface area contributed by atoms with Crippen LogP contribution in [0.5, 0.6) is 0 Å². The molecule has 76 valence electrons. The molecule has 3 amide bonds. The Kier molecular flexibility index (Phi) is 5.29. The first kappa shape index (κ1) is 12.1. The lowest BCUT2D eigenvalue weighted by Gasteiger charge is -2.06. The lowest BCUT2D eigenvalue weighted by molar-refractivity contribution is -0.119. The lowest BCUT2D eigenvalue weighted by atomic mass is 10.4. The van der Waals surface area contributed by atoms with E-state index >= 15 is 0 Å². The highest BCUT2D eigenvalue weighted by Gasteiger charge is 2.13. The van der Waals surface area contributed by atoms with E-state index < -0.39 is 30.3 Å². The minimum atomic E-state index is -2.64. The van der Waals surface area contributed by atoms with Gasteiger partial charge in [-0.25, -0.2) is 13.6 Å². The predicted octanol–water partition coefficient (Wildman–Crippen LogP) is 0.705. The summed E-state index contributed by atoms with van der Waals surface area (Å²) in [4.78, 5) is 21.3. The number of carbonyl (C=O) groups excluding carboxylic acids is 2. The van der Waals surface area contributed by atoms with Gasteiger partial charge < -0.3 is 5.32 Å². The number of hydrogen-bond donors (Lipinski definition) is 2. The Hall–Kier alpha value is -0.910. The number of halogens is 3. The van der Waals surface area contributed by atoms with Crippen LogP contribution >= 0.6 is 11.6 Å². The zero-order valence-electron chi connectivity index (χ0n) is 6.81. The van der Waals surface area contributed by atoms with Gasteiger partial charge in [0.25, 0.3) is 6.43 Å². The van der Waals surface area contributed by atoms with Crippen LogP contribution in [0.2, 0.25) is 0 Å². The molecule has 4 nitrogen and oxygen atoms in total. The van der Waals surface area contributed by atoms with Crippen molar-refractivity contribution in [1.82, 2.24) is 10.6 Å². The van der Waals surface area contributed by atoms with E-state index in [4.69, 9.17) is 11.6 Å². The van der Waals surface area contributed by atoms with Gasteiger partial charge in [-0.3, -0.25) is 10.1 Å². The quantitative estimate of drug-likeness (QED) is 0.680. The molecule has 0 heterocycles. The van der Waals surface area contributed by atoms with Gasteiger partial charge in [-0.15, -0.1) is 11.6 Å². The van der Waals surface area contributed by atoms with Crippen LogP contribution in [-0.2, 0) is 4.79 Å². The molecule has 0 radical (unpaired) electrons. The molecule has 0 fully saturated rings. The highest BCUT2D eigenvalue weighted by atomic mass is 35.5. The summed E-state index contributed by atoms with van der Waals surface area (Å²) in [5.41, 5.74) is 0. The number of amides is 3. The maximum absolute atomic E-state index is 11.5. The van der Waals surface area contributed by atoms with Crippen LogP contribution in [0.25, 0.3) is 0 Å². The summed E-state index contributed by atoms with van der Waals surface area (Å²) in [5, 5.41) is 2.69. The maximum Gasteiger partial charge on any atom is 0.321 e. The Labute approximate surface area is 78.6 Å². The third-order valence-electron chi connectivity index (χ3n) is 1.01. The fraction of sp³-hybridized carbons (Fsp3) is 0.667. The van der Waals surface area contributed by atoms with Crippen LogP contribution in [0.15, 0.2) is 0 Å². The molecule has 0 aromatic heterocycles. The van der Waals surface area contributed by atoms with Crippen LogP contribution in [0.1, 0.15) is 6.92 Å². The molecule has 0 aromatic rings. The molecule has 1 unspecified atom stereocenters. The third kappa shape index (κ3) is 6.27. The number of alkyl halides is 3. The molecule has 0 bridgehead atoms. The molecule has 0 saturated heterocycles. The highest BCUT2D eigenvalue weighted by Crippen LogP contribution is 1.92. The van der Waals surface area contributed by atoms with Crippen LogP contribution in [0, 0.1) is 0 Å². The molecular formula is C6H9ClF2N2O2. The van der Waals surface area contributed by atoms with Crippen LogP contribution in [-0.4, -0.2) is 30.3 Å². The maximum atomic E-state index is 11.5. The van der Waals surface area contributed by atoms with Crippen molar-refractivity contribution < 1.29 is 18.4 Å². The van der Waals surface area contributed by atoms with Crippen molar-refractivity contribution in [2.75, 3.05) is 6.54 Å². The third-order valence-corrected chi connectivity index (χ3v) is 1.21. The zero-order chi connectivity index (χ0) is 10.4. The summed E-state index contributed by atoms with van der Waals surface area (Å²) in [5.74, 6) is -0.728. The number of nitrogens with one attached hydrogen (secondary N) is 2. The van der Waals surface area contributed by atoms with Crippen molar-refractivity contribution in [2.45, 2.75) is 18.7 Å². The van der Waals surface area contributed by atoms with Gasteiger partial charge in [-0.1, -0.05) is 0 Å². The number of hydrogen-bond acceptors (Lipinski definition) is 2. The van der Waals surface area contributed by atoms with Gasteiger partial charge in [0, 0.05) is 0 Å². The molecule has 0 saturated carbocycles. The Morgan fingerprint density at radius 2 is 2.00 bits per heavy atom. The number of carbonyl (C=O) groups is 2. The van der Waals surface area contributed by atoms with Gasteiger partial charge in [0.2, 0.25) is 5.91 Å².